The molecule has 5 heteroatoms. The maximum Gasteiger partial charge on any atom is 0.573 e. The quantitative estimate of drug-likeness (QED) is 0.818. The Morgan fingerprint density at radius 1 is 1.21 bits per heavy atom. The number of hydrogen-bond acceptors (Lipinski definition) is 2. The number of hydrogen-bond donors (Lipinski definition) is 1. The predicted octanol–water partition coefficient (Wildman–Crippen LogP) is 3.76. The van der Waals surface area contributed by atoms with E-state index >= 15 is 0 Å². The zero-order valence-corrected chi connectivity index (χ0v) is 11.3. The predicted molar refractivity (Wildman–Crippen MR) is 69.2 cm³/mol. The van der Waals surface area contributed by atoms with Crippen LogP contribution in [0.25, 0.3) is 0 Å². The van der Waals surface area contributed by atoms with Crippen LogP contribution in [-0.4, -0.2) is 20.0 Å². The van der Waals surface area contributed by atoms with Crippen molar-refractivity contribution in [3.8, 4) is 5.75 Å². The van der Waals surface area contributed by atoms with Crippen molar-refractivity contribution in [3.63, 3.8) is 0 Å². The van der Waals surface area contributed by atoms with Gasteiger partial charge in [0.25, 0.3) is 0 Å². The minimum atomic E-state index is -4.63. The molecule has 1 unspecified atom stereocenters. The highest BCUT2D eigenvalue weighted by atomic mass is 19.4. The molecule has 1 N–H and O–H groups in total. The summed E-state index contributed by atoms with van der Waals surface area (Å²) in [6, 6.07) is 6.12. The summed E-state index contributed by atoms with van der Waals surface area (Å²) < 4.78 is 39.9. The second kappa shape index (κ2) is 7.38. The van der Waals surface area contributed by atoms with E-state index < -0.39 is 6.36 Å². The van der Waals surface area contributed by atoms with E-state index in [9.17, 15) is 13.2 Å². The Morgan fingerprint density at radius 3 is 2.32 bits per heavy atom. The molecule has 0 amide bonds. The van der Waals surface area contributed by atoms with E-state index in [-0.39, 0.29) is 5.75 Å². The van der Waals surface area contributed by atoms with Crippen LogP contribution in [0.5, 0.6) is 5.75 Å². The van der Waals surface area contributed by atoms with Gasteiger partial charge in [0.05, 0.1) is 0 Å². The standard InChI is InChI=1S/C14H20F3NO/c1-3-4-12(10-18-2)9-11-5-7-13(8-6-11)19-14(15,16)17/h5-8,12,18H,3-4,9-10H2,1-2H3. The molecule has 0 aliphatic rings. The summed E-state index contributed by atoms with van der Waals surface area (Å²) >= 11 is 0. The summed E-state index contributed by atoms with van der Waals surface area (Å²) in [5.74, 6) is 0.335. The summed E-state index contributed by atoms with van der Waals surface area (Å²) in [5.41, 5.74) is 1.03. The molecular formula is C14H20F3NO. The molecule has 0 fully saturated rings. The number of alkyl halides is 3. The maximum atomic E-state index is 12.0. The molecule has 1 aromatic carbocycles. The topological polar surface area (TPSA) is 21.3 Å². The van der Waals surface area contributed by atoms with E-state index in [0.717, 1.165) is 31.4 Å². The molecule has 0 aliphatic carbocycles. The normalized spacial score (nSPS) is 13.3. The zero-order valence-electron chi connectivity index (χ0n) is 11.3. The fourth-order valence-electron chi connectivity index (χ4n) is 2.13. The largest absolute Gasteiger partial charge is 0.573 e. The lowest BCUT2D eigenvalue weighted by molar-refractivity contribution is -0.274. The number of nitrogens with one attached hydrogen (secondary N) is 1. The molecule has 0 saturated heterocycles. The number of halogens is 3. The van der Waals surface area contributed by atoms with Crippen LogP contribution >= 0.6 is 0 Å². The second-order valence-corrected chi connectivity index (χ2v) is 4.61. The van der Waals surface area contributed by atoms with Crippen molar-refractivity contribution < 1.29 is 17.9 Å². The first kappa shape index (κ1) is 15.8. The highest BCUT2D eigenvalue weighted by molar-refractivity contribution is 5.27. The molecule has 0 aliphatic heterocycles. The zero-order chi connectivity index (χ0) is 14.3. The van der Waals surface area contributed by atoms with Gasteiger partial charge in [-0.2, -0.15) is 0 Å². The van der Waals surface area contributed by atoms with Crippen molar-refractivity contribution in [1.82, 2.24) is 5.32 Å². The van der Waals surface area contributed by atoms with Crippen LogP contribution in [0.2, 0.25) is 0 Å². The summed E-state index contributed by atoms with van der Waals surface area (Å²) in [7, 11) is 1.91. The van der Waals surface area contributed by atoms with Gasteiger partial charge in [-0.3, -0.25) is 0 Å². The lowest BCUT2D eigenvalue weighted by Crippen LogP contribution is -2.20. The lowest BCUT2D eigenvalue weighted by Gasteiger charge is -2.16. The molecule has 1 aromatic rings. The highest BCUT2D eigenvalue weighted by Gasteiger charge is 2.30. The molecule has 19 heavy (non-hydrogen) atoms. The fourth-order valence-corrected chi connectivity index (χ4v) is 2.13. The van der Waals surface area contributed by atoms with Crippen molar-refractivity contribution >= 4 is 0 Å². The molecule has 0 heterocycles. The highest BCUT2D eigenvalue weighted by Crippen LogP contribution is 2.23. The Labute approximate surface area is 112 Å². The molecule has 0 bridgehead atoms. The third-order valence-corrected chi connectivity index (χ3v) is 2.87. The van der Waals surface area contributed by atoms with Crippen molar-refractivity contribution in [2.75, 3.05) is 13.6 Å². The Kier molecular flexibility index (Phi) is 6.15. The van der Waals surface area contributed by atoms with Gasteiger partial charge in [0.2, 0.25) is 0 Å². The van der Waals surface area contributed by atoms with Gasteiger partial charge in [-0.05, 0) is 50.0 Å². The lowest BCUT2D eigenvalue weighted by atomic mass is 9.95. The van der Waals surface area contributed by atoms with Crippen molar-refractivity contribution in [2.45, 2.75) is 32.5 Å². The summed E-state index contributed by atoms with van der Waals surface area (Å²) in [6.07, 6.45) is -1.57. The fraction of sp³-hybridized carbons (Fsp3) is 0.571. The van der Waals surface area contributed by atoms with E-state index in [1.54, 1.807) is 12.1 Å². The van der Waals surface area contributed by atoms with Gasteiger partial charge in [0.15, 0.2) is 0 Å². The molecule has 2 nitrogen and oxygen atoms in total. The van der Waals surface area contributed by atoms with E-state index in [1.807, 2.05) is 7.05 Å². The smallest absolute Gasteiger partial charge is 0.406 e. The number of benzene rings is 1. The average Bonchev–Trinajstić information content (AvgIpc) is 2.30. The van der Waals surface area contributed by atoms with E-state index in [1.165, 1.54) is 12.1 Å². The van der Waals surface area contributed by atoms with Crippen LogP contribution in [0, 0.1) is 5.92 Å². The van der Waals surface area contributed by atoms with Crippen LogP contribution in [0.15, 0.2) is 24.3 Å². The minimum Gasteiger partial charge on any atom is -0.406 e. The van der Waals surface area contributed by atoms with E-state index in [0.29, 0.717) is 5.92 Å². The van der Waals surface area contributed by atoms with E-state index in [2.05, 4.69) is 17.0 Å². The van der Waals surface area contributed by atoms with Crippen LogP contribution in [0.3, 0.4) is 0 Å². The van der Waals surface area contributed by atoms with Gasteiger partial charge >= 0.3 is 6.36 Å². The molecule has 1 rings (SSSR count). The number of ether oxygens (including phenoxy) is 1. The first-order valence-corrected chi connectivity index (χ1v) is 6.44. The van der Waals surface area contributed by atoms with Crippen molar-refractivity contribution in [3.05, 3.63) is 29.8 Å². The Hall–Kier alpha value is -1.23. The first-order valence-electron chi connectivity index (χ1n) is 6.44. The monoisotopic (exact) mass is 275 g/mol. The van der Waals surface area contributed by atoms with Crippen LogP contribution < -0.4 is 10.1 Å². The van der Waals surface area contributed by atoms with Gasteiger partial charge in [0, 0.05) is 0 Å². The summed E-state index contributed by atoms with van der Waals surface area (Å²) in [5, 5.41) is 3.14. The third kappa shape index (κ3) is 6.47. The summed E-state index contributed by atoms with van der Waals surface area (Å²) in [4.78, 5) is 0. The molecule has 0 saturated carbocycles. The molecule has 108 valence electrons. The van der Waals surface area contributed by atoms with Crippen molar-refractivity contribution in [1.29, 1.82) is 0 Å². The molecule has 0 aromatic heterocycles. The Morgan fingerprint density at radius 2 is 1.84 bits per heavy atom. The van der Waals surface area contributed by atoms with Gasteiger partial charge < -0.3 is 10.1 Å². The minimum absolute atomic E-state index is 0.170. The van der Waals surface area contributed by atoms with Crippen LogP contribution in [0.1, 0.15) is 25.3 Å². The van der Waals surface area contributed by atoms with Gasteiger partial charge in [-0.1, -0.05) is 25.5 Å². The molecule has 1 atom stereocenters. The molecule has 0 spiro atoms. The molecular weight excluding hydrogens is 255 g/mol. The van der Waals surface area contributed by atoms with E-state index in [4.69, 9.17) is 0 Å². The average molecular weight is 275 g/mol. The first-order chi connectivity index (χ1) is 8.94. The Balaban J connectivity index is 2.60. The van der Waals surface area contributed by atoms with Gasteiger partial charge in [-0.25, -0.2) is 0 Å². The second-order valence-electron chi connectivity index (χ2n) is 4.61. The van der Waals surface area contributed by atoms with Crippen LogP contribution in [-0.2, 0) is 6.42 Å². The summed E-state index contributed by atoms with van der Waals surface area (Å²) in [6.45, 7) is 3.04. The third-order valence-electron chi connectivity index (χ3n) is 2.87. The van der Waals surface area contributed by atoms with Crippen LogP contribution in [0.4, 0.5) is 13.2 Å². The SMILES string of the molecule is CCCC(CNC)Cc1ccc(OC(F)(F)F)cc1. The maximum absolute atomic E-state index is 12.0. The van der Waals surface area contributed by atoms with Gasteiger partial charge in [0.1, 0.15) is 5.75 Å². The number of rotatable bonds is 7. The molecule has 0 radical (unpaired) electrons. The Bertz CT molecular complexity index is 356. The van der Waals surface area contributed by atoms with Crippen molar-refractivity contribution in [2.24, 2.45) is 5.92 Å². The van der Waals surface area contributed by atoms with Gasteiger partial charge in [-0.15, -0.1) is 13.2 Å².